The monoisotopic (exact) mass is 210 g/mol. The SMILES string of the molecule is CCCOCC[C@H]1[C@@H]2CC[C@@H](C2)C1(C)C. The molecule has 0 saturated heterocycles. The molecule has 0 unspecified atom stereocenters. The zero-order valence-electron chi connectivity index (χ0n) is 10.6. The van der Waals surface area contributed by atoms with Gasteiger partial charge in [-0.2, -0.15) is 0 Å². The molecule has 2 rings (SSSR count). The van der Waals surface area contributed by atoms with Crippen LogP contribution in [0.4, 0.5) is 0 Å². The Bertz CT molecular complexity index is 209. The first-order chi connectivity index (χ1) is 7.16. The summed E-state index contributed by atoms with van der Waals surface area (Å²) in [7, 11) is 0. The van der Waals surface area contributed by atoms with Crippen molar-refractivity contribution in [1.29, 1.82) is 0 Å². The Hall–Kier alpha value is -0.0400. The van der Waals surface area contributed by atoms with Crippen LogP contribution in [-0.4, -0.2) is 13.2 Å². The van der Waals surface area contributed by atoms with Crippen LogP contribution in [0.1, 0.15) is 52.9 Å². The topological polar surface area (TPSA) is 9.23 Å². The van der Waals surface area contributed by atoms with E-state index in [4.69, 9.17) is 4.74 Å². The van der Waals surface area contributed by atoms with Crippen LogP contribution < -0.4 is 0 Å². The van der Waals surface area contributed by atoms with Crippen molar-refractivity contribution in [3.8, 4) is 0 Å². The van der Waals surface area contributed by atoms with Gasteiger partial charge in [-0.3, -0.25) is 0 Å². The van der Waals surface area contributed by atoms with E-state index in [1.54, 1.807) is 0 Å². The maximum absolute atomic E-state index is 5.65. The Balaban J connectivity index is 1.81. The first-order valence-electron chi connectivity index (χ1n) is 6.74. The number of rotatable bonds is 5. The highest BCUT2D eigenvalue weighted by molar-refractivity contribution is 5.01. The van der Waals surface area contributed by atoms with Crippen LogP contribution in [0.3, 0.4) is 0 Å². The van der Waals surface area contributed by atoms with Gasteiger partial charge in [0.1, 0.15) is 0 Å². The van der Waals surface area contributed by atoms with Crippen LogP contribution in [0.5, 0.6) is 0 Å². The smallest absolute Gasteiger partial charge is 0.0468 e. The molecule has 2 aliphatic rings. The number of fused-ring (bicyclic) bond motifs is 2. The van der Waals surface area contributed by atoms with Crippen LogP contribution in [0.2, 0.25) is 0 Å². The van der Waals surface area contributed by atoms with Gasteiger partial charge in [0.2, 0.25) is 0 Å². The first kappa shape index (κ1) is 11.4. The van der Waals surface area contributed by atoms with Gasteiger partial charge in [0.05, 0.1) is 0 Å². The minimum absolute atomic E-state index is 0.596. The lowest BCUT2D eigenvalue weighted by Gasteiger charge is -2.38. The third-order valence-corrected chi connectivity index (χ3v) is 4.97. The molecule has 88 valence electrons. The molecule has 0 amide bonds. The van der Waals surface area contributed by atoms with Gasteiger partial charge < -0.3 is 4.74 Å². The predicted octanol–water partition coefficient (Wildman–Crippen LogP) is 3.88. The fraction of sp³-hybridized carbons (Fsp3) is 1.00. The third kappa shape index (κ3) is 2.08. The van der Waals surface area contributed by atoms with Gasteiger partial charge in [-0.05, 0) is 55.3 Å². The second kappa shape index (κ2) is 4.45. The highest BCUT2D eigenvalue weighted by atomic mass is 16.5. The van der Waals surface area contributed by atoms with Crippen LogP contribution in [0, 0.1) is 23.2 Å². The Morgan fingerprint density at radius 3 is 2.60 bits per heavy atom. The summed E-state index contributed by atoms with van der Waals surface area (Å²) in [5.41, 5.74) is 0.596. The van der Waals surface area contributed by atoms with Crippen LogP contribution >= 0.6 is 0 Å². The van der Waals surface area contributed by atoms with Gasteiger partial charge >= 0.3 is 0 Å². The molecule has 2 saturated carbocycles. The molecule has 3 atom stereocenters. The van der Waals surface area contributed by atoms with E-state index >= 15 is 0 Å². The molecule has 0 aromatic heterocycles. The van der Waals surface area contributed by atoms with Gasteiger partial charge in [0, 0.05) is 13.2 Å². The zero-order chi connectivity index (χ0) is 10.9. The summed E-state index contributed by atoms with van der Waals surface area (Å²) in [5.74, 6) is 2.97. The van der Waals surface area contributed by atoms with Crippen molar-refractivity contribution in [2.24, 2.45) is 23.2 Å². The van der Waals surface area contributed by atoms with Crippen molar-refractivity contribution >= 4 is 0 Å². The van der Waals surface area contributed by atoms with E-state index in [2.05, 4.69) is 20.8 Å². The van der Waals surface area contributed by atoms with E-state index in [0.717, 1.165) is 37.4 Å². The molecule has 2 aliphatic carbocycles. The Labute approximate surface area is 94.6 Å². The molecule has 0 aromatic carbocycles. The van der Waals surface area contributed by atoms with Crippen molar-refractivity contribution in [3.63, 3.8) is 0 Å². The highest BCUT2D eigenvalue weighted by Crippen LogP contribution is 2.60. The van der Waals surface area contributed by atoms with Crippen LogP contribution in [0.25, 0.3) is 0 Å². The molecule has 1 nitrogen and oxygen atoms in total. The lowest BCUT2D eigenvalue weighted by molar-refractivity contribution is 0.0625. The van der Waals surface area contributed by atoms with Gasteiger partial charge in [-0.1, -0.05) is 20.8 Å². The van der Waals surface area contributed by atoms with Crippen molar-refractivity contribution in [2.75, 3.05) is 13.2 Å². The number of hydrogen-bond donors (Lipinski definition) is 0. The van der Waals surface area contributed by atoms with Gasteiger partial charge in [0.15, 0.2) is 0 Å². The minimum atomic E-state index is 0.596. The fourth-order valence-electron chi connectivity index (χ4n) is 4.03. The van der Waals surface area contributed by atoms with Crippen LogP contribution in [-0.2, 0) is 4.74 Å². The van der Waals surface area contributed by atoms with E-state index in [1.807, 2.05) is 0 Å². The maximum Gasteiger partial charge on any atom is 0.0468 e. The van der Waals surface area contributed by atoms with Crippen molar-refractivity contribution in [2.45, 2.75) is 52.9 Å². The number of hydrogen-bond acceptors (Lipinski definition) is 1. The molecule has 0 spiro atoms. The van der Waals surface area contributed by atoms with Gasteiger partial charge in [-0.25, -0.2) is 0 Å². The second-order valence-corrected chi connectivity index (χ2v) is 6.10. The molecule has 2 fully saturated rings. The van der Waals surface area contributed by atoms with E-state index in [9.17, 15) is 0 Å². The second-order valence-electron chi connectivity index (χ2n) is 6.10. The van der Waals surface area contributed by atoms with E-state index in [1.165, 1.54) is 25.7 Å². The molecule has 2 bridgehead atoms. The largest absolute Gasteiger partial charge is 0.381 e. The van der Waals surface area contributed by atoms with Gasteiger partial charge in [-0.15, -0.1) is 0 Å². The summed E-state index contributed by atoms with van der Waals surface area (Å²) in [6, 6.07) is 0. The average molecular weight is 210 g/mol. The molecule has 0 heterocycles. The Morgan fingerprint density at radius 2 is 2.00 bits per heavy atom. The Kier molecular flexibility index (Phi) is 3.39. The fourth-order valence-corrected chi connectivity index (χ4v) is 4.03. The van der Waals surface area contributed by atoms with E-state index < -0.39 is 0 Å². The average Bonchev–Trinajstić information content (AvgIpc) is 2.73. The summed E-state index contributed by atoms with van der Waals surface area (Å²) < 4.78 is 5.65. The maximum atomic E-state index is 5.65. The summed E-state index contributed by atoms with van der Waals surface area (Å²) in [4.78, 5) is 0. The molecule has 0 N–H and O–H groups in total. The molecule has 0 radical (unpaired) electrons. The van der Waals surface area contributed by atoms with Crippen molar-refractivity contribution < 1.29 is 4.74 Å². The number of ether oxygens (including phenoxy) is 1. The summed E-state index contributed by atoms with van der Waals surface area (Å²) >= 11 is 0. The van der Waals surface area contributed by atoms with Crippen molar-refractivity contribution in [1.82, 2.24) is 0 Å². The predicted molar refractivity (Wildman–Crippen MR) is 63.8 cm³/mol. The lowest BCUT2D eigenvalue weighted by Crippen LogP contribution is -2.31. The Morgan fingerprint density at radius 1 is 1.20 bits per heavy atom. The summed E-state index contributed by atoms with van der Waals surface area (Å²) in [6.45, 7) is 9.09. The highest BCUT2D eigenvalue weighted by Gasteiger charge is 2.51. The minimum Gasteiger partial charge on any atom is -0.381 e. The molecule has 15 heavy (non-hydrogen) atoms. The molecular formula is C14H26O. The summed E-state index contributed by atoms with van der Waals surface area (Å²) in [6.07, 6.45) is 6.94. The standard InChI is InChI=1S/C14H26O/c1-4-8-15-9-7-13-11-5-6-12(10-11)14(13,2)3/h11-13H,4-10H2,1-3H3/t11-,12+,13+/m1/s1. The first-order valence-corrected chi connectivity index (χ1v) is 6.74. The van der Waals surface area contributed by atoms with Gasteiger partial charge in [0.25, 0.3) is 0 Å². The molecular weight excluding hydrogens is 184 g/mol. The lowest BCUT2D eigenvalue weighted by atomic mass is 9.67. The third-order valence-electron chi connectivity index (χ3n) is 4.97. The molecule has 0 aromatic rings. The van der Waals surface area contributed by atoms with E-state index in [0.29, 0.717) is 5.41 Å². The quantitative estimate of drug-likeness (QED) is 0.626. The summed E-state index contributed by atoms with van der Waals surface area (Å²) in [5, 5.41) is 0. The molecule has 0 aliphatic heterocycles. The normalized spacial score (nSPS) is 37.4. The van der Waals surface area contributed by atoms with Crippen LogP contribution in [0.15, 0.2) is 0 Å². The molecule has 1 heteroatoms. The zero-order valence-corrected chi connectivity index (χ0v) is 10.6. The van der Waals surface area contributed by atoms with Crippen molar-refractivity contribution in [3.05, 3.63) is 0 Å². The van der Waals surface area contributed by atoms with E-state index in [-0.39, 0.29) is 0 Å².